The fraction of sp³-hybridized carbons (Fsp3) is 0.160. The zero-order valence-electron chi connectivity index (χ0n) is 32.6. The number of hydrogen-bond donors (Lipinski definition) is 0. The zero-order valence-corrected chi connectivity index (χ0v) is 32.6. The van der Waals surface area contributed by atoms with Gasteiger partial charge in [-0.2, -0.15) is 0 Å². The number of hydrogen-bond acceptors (Lipinski definition) is 3. The fourth-order valence-corrected chi connectivity index (χ4v) is 9.39. The van der Waals surface area contributed by atoms with Crippen molar-refractivity contribution in [2.24, 2.45) is 0 Å². The summed E-state index contributed by atoms with van der Waals surface area (Å²) in [4.78, 5) is 7.54. The number of anilines is 9. The van der Waals surface area contributed by atoms with Gasteiger partial charge in [-0.05, 0) is 184 Å². The van der Waals surface area contributed by atoms with Gasteiger partial charge in [0, 0.05) is 45.5 Å². The maximum atomic E-state index is 2.56. The third-order valence-corrected chi connectivity index (χ3v) is 11.1. The summed E-state index contributed by atoms with van der Waals surface area (Å²) in [5, 5.41) is 0. The van der Waals surface area contributed by atoms with Crippen molar-refractivity contribution in [2.75, 3.05) is 14.7 Å². The van der Waals surface area contributed by atoms with Crippen LogP contribution in [-0.2, 0) is 0 Å². The molecule has 0 amide bonds. The monoisotopic (exact) mass is 699 g/mol. The third-order valence-electron chi connectivity index (χ3n) is 11.1. The molecular formula is C50H46BN3. The first-order valence-corrected chi connectivity index (χ1v) is 19.1. The molecule has 0 saturated heterocycles. The molecule has 2 aliphatic heterocycles. The van der Waals surface area contributed by atoms with Gasteiger partial charge < -0.3 is 14.7 Å². The van der Waals surface area contributed by atoms with Crippen molar-refractivity contribution in [2.45, 2.75) is 55.4 Å². The molecule has 7 aromatic carbocycles. The lowest BCUT2D eigenvalue weighted by molar-refractivity contribution is 1.20. The van der Waals surface area contributed by atoms with Crippen molar-refractivity contribution < 1.29 is 0 Å². The molecule has 9 rings (SSSR count). The minimum Gasteiger partial charge on any atom is -0.311 e. The van der Waals surface area contributed by atoms with Gasteiger partial charge in [-0.25, -0.2) is 0 Å². The second-order valence-electron chi connectivity index (χ2n) is 15.8. The summed E-state index contributed by atoms with van der Waals surface area (Å²) in [6, 6.07) is 50.5. The van der Waals surface area contributed by atoms with Crippen molar-refractivity contribution in [1.29, 1.82) is 0 Å². The molecule has 4 heteroatoms. The molecule has 264 valence electrons. The lowest BCUT2D eigenvalue weighted by Gasteiger charge is -2.45. The van der Waals surface area contributed by atoms with E-state index in [1.54, 1.807) is 0 Å². The standard InChI is InChI=1S/C50H46BN3/c1-31-18-32(2)23-40(22-31)52(41-24-33(3)19-34(4)25-41)43-29-47-50-48(30-43)54(42-26-35(5)20-36(6)27-42)46-28-37(7)21-38(8)49(46)51(50)44-16-12-13-17-45(44)53(47)39-14-10-9-11-15-39/h9-30H,1-8H3. The van der Waals surface area contributed by atoms with Crippen LogP contribution in [0.1, 0.15) is 44.5 Å². The first kappa shape index (κ1) is 33.8. The zero-order chi connectivity index (χ0) is 37.4. The van der Waals surface area contributed by atoms with Crippen LogP contribution in [0.15, 0.2) is 133 Å². The van der Waals surface area contributed by atoms with E-state index in [-0.39, 0.29) is 6.71 Å². The second kappa shape index (κ2) is 12.8. The van der Waals surface area contributed by atoms with Gasteiger partial charge in [0.25, 0.3) is 6.71 Å². The Morgan fingerprint density at radius 3 is 1.39 bits per heavy atom. The number of aryl methyl sites for hydroxylation is 8. The predicted octanol–water partition coefficient (Wildman–Crippen LogP) is 11.7. The SMILES string of the molecule is Cc1cc(C)cc(N(c2cc(C)cc(C)c2)c2cc3c4c(c2)N(c2cc(C)cc(C)c2)c2cc(C)cc(C)c2B4c2ccccc2N3c2ccccc2)c1. The van der Waals surface area contributed by atoms with E-state index in [1.807, 2.05) is 0 Å². The van der Waals surface area contributed by atoms with Crippen LogP contribution < -0.4 is 31.1 Å². The van der Waals surface area contributed by atoms with Gasteiger partial charge in [0.2, 0.25) is 0 Å². The Kier molecular flexibility index (Phi) is 8.04. The van der Waals surface area contributed by atoms with E-state index in [0.29, 0.717) is 0 Å². The summed E-state index contributed by atoms with van der Waals surface area (Å²) >= 11 is 0. The van der Waals surface area contributed by atoms with E-state index < -0.39 is 0 Å². The van der Waals surface area contributed by atoms with E-state index in [1.165, 1.54) is 89.3 Å². The highest BCUT2D eigenvalue weighted by atomic mass is 15.2. The van der Waals surface area contributed by atoms with Crippen molar-refractivity contribution in [1.82, 2.24) is 0 Å². The van der Waals surface area contributed by atoms with E-state index in [2.05, 4.69) is 204 Å². The van der Waals surface area contributed by atoms with Crippen LogP contribution in [-0.4, -0.2) is 6.71 Å². The minimum atomic E-state index is 0.0637. The van der Waals surface area contributed by atoms with Crippen LogP contribution in [0.25, 0.3) is 0 Å². The lowest BCUT2D eigenvalue weighted by Crippen LogP contribution is -2.62. The van der Waals surface area contributed by atoms with Crippen molar-refractivity contribution >= 4 is 74.3 Å². The second-order valence-corrected chi connectivity index (χ2v) is 15.8. The molecule has 2 aliphatic rings. The Balaban J connectivity index is 1.45. The first-order chi connectivity index (χ1) is 26.0. The summed E-state index contributed by atoms with van der Waals surface area (Å²) in [7, 11) is 0. The largest absolute Gasteiger partial charge is 0.311 e. The van der Waals surface area contributed by atoms with Crippen LogP contribution in [0.2, 0.25) is 0 Å². The van der Waals surface area contributed by atoms with Crippen LogP contribution >= 0.6 is 0 Å². The molecule has 0 aliphatic carbocycles. The molecule has 0 saturated carbocycles. The quantitative estimate of drug-likeness (QED) is 0.166. The van der Waals surface area contributed by atoms with Gasteiger partial charge in [0.05, 0.1) is 5.69 Å². The highest BCUT2D eigenvalue weighted by molar-refractivity contribution is 7.00. The maximum Gasteiger partial charge on any atom is 0.252 e. The van der Waals surface area contributed by atoms with E-state index in [9.17, 15) is 0 Å². The molecule has 54 heavy (non-hydrogen) atoms. The molecule has 3 nitrogen and oxygen atoms in total. The van der Waals surface area contributed by atoms with Crippen molar-refractivity contribution in [3.63, 3.8) is 0 Å². The maximum absolute atomic E-state index is 2.56. The van der Waals surface area contributed by atoms with E-state index >= 15 is 0 Å². The molecule has 0 N–H and O–H groups in total. The Morgan fingerprint density at radius 1 is 0.370 bits per heavy atom. The summed E-state index contributed by atoms with van der Waals surface area (Å²) in [6.07, 6.45) is 0. The molecule has 7 aromatic rings. The summed E-state index contributed by atoms with van der Waals surface area (Å²) in [5.41, 5.74) is 24.8. The molecular weight excluding hydrogens is 653 g/mol. The van der Waals surface area contributed by atoms with E-state index in [0.717, 1.165) is 22.7 Å². The van der Waals surface area contributed by atoms with Crippen molar-refractivity contribution in [3.05, 3.63) is 178 Å². The Morgan fingerprint density at radius 2 is 0.815 bits per heavy atom. The number of nitrogens with zero attached hydrogens (tertiary/aromatic N) is 3. The van der Waals surface area contributed by atoms with Gasteiger partial charge in [-0.3, -0.25) is 0 Å². The number of rotatable bonds is 5. The minimum absolute atomic E-state index is 0.0637. The van der Waals surface area contributed by atoms with Crippen LogP contribution in [0, 0.1) is 55.4 Å². The molecule has 2 heterocycles. The Labute approximate surface area is 321 Å². The summed E-state index contributed by atoms with van der Waals surface area (Å²) < 4.78 is 0. The predicted molar refractivity (Wildman–Crippen MR) is 233 cm³/mol. The highest BCUT2D eigenvalue weighted by Crippen LogP contribution is 2.48. The van der Waals surface area contributed by atoms with E-state index in [4.69, 9.17) is 0 Å². The number of para-hydroxylation sites is 2. The van der Waals surface area contributed by atoms with Crippen LogP contribution in [0.4, 0.5) is 51.2 Å². The smallest absolute Gasteiger partial charge is 0.252 e. The summed E-state index contributed by atoms with van der Waals surface area (Å²) in [5.74, 6) is 0. The molecule has 0 unspecified atom stereocenters. The average Bonchev–Trinajstić information content (AvgIpc) is 3.10. The average molecular weight is 700 g/mol. The molecule has 0 bridgehead atoms. The summed E-state index contributed by atoms with van der Waals surface area (Å²) in [6.45, 7) is 17.8. The Bertz CT molecular complexity index is 2510. The lowest BCUT2D eigenvalue weighted by atomic mass is 9.32. The molecule has 0 aromatic heterocycles. The van der Waals surface area contributed by atoms with Crippen LogP contribution in [0.3, 0.4) is 0 Å². The first-order valence-electron chi connectivity index (χ1n) is 19.1. The normalized spacial score (nSPS) is 12.7. The highest BCUT2D eigenvalue weighted by Gasteiger charge is 2.44. The fourth-order valence-electron chi connectivity index (χ4n) is 9.39. The molecule has 0 radical (unpaired) electrons. The van der Waals surface area contributed by atoms with Crippen molar-refractivity contribution in [3.8, 4) is 0 Å². The molecule has 0 fully saturated rings. The van der Waals surface area contributed by atoms with Crippen LogP contribution in [0.5, 0.6) is 0 Å². The van der Waals surface area contributed by atoms with Gasteiger partial charge >= 0.3 is 0 Å². The topological polar surface area (TPSA) is 9.72 Å². The number of fused-ring (bicyclic) bond motifs is 4. The molecule has 0 atom stereocenters. The number of benzene rings is 7. The molecule has 0 spiro atoms. The van der Waals surface area contributed by atoms with Gasteiger partial charge in [-0.1, -0.05) is 66.2 Å². The Hall–Kier alpha value is -6.00. The third kappa shape index (κ3) is 5.60. The van der Waals surface area contributed by atoms with Gasteiger partial charge in [-0.15, -0.1) is 0 Å². The van der Waals surface area contributed by atoms with Gasteiger partial charge in [0.1, 0.15) is 0 Å². The van der Waals surface area contributed by atoms with Gasteiger partial charge in [0.15, 0.2) is 0 Å².